The third-order valence-corrected chi connectivity index (χ3v) is 4.16. The first kappa shape index (κ1) is 14.4. The lowest BCUT2D eigenvalue weighted by atomic mass is 10.0. The first-order chi connectivity index (χ1) is 11.6. The lowest BCUT2D eigenvalue weighted by Gasteiger charge is -2.09. The number of benzene rings is 1. The molecule has 2 heterocycles. The summed E-state index contributed by atoms with van der Waals surface area (Å²) in [5, 5.41) is 13.1. The highest BCUT2D eigenvalue weighted by Crippen LogP contribution is 2.36. The Labute approximate surface area is 135 Å². The van der Waals surface area contributed by atoms with Crippen LogP contribution in [-0.4, -0.2) is 34.3 Å². The van der Waals surface area contributed by atoms with E-state index in [1.807, 2.05) is 0 Å². The molecule has 0 aliphatic heterocycles. The molecule has 2 aromatic heterocycles. The second-order valence-electron chi connectivity index (χ2n) is 5.38. The Kier molecular flexibility index (Phi) is 3.08. The summed E-state index contributed by atoms with van der Waals surface area (Å²) < 4.78 is 16.7. The molecule has 0 radical (unpaired) electrons. The highest BCUT2D eigenvalue weighted by molar-refractivity contribution is 5.69. The lowest BCUT2D eigenvalue weighted by Crippen LogP contribution is -2.20. The van der Waals surface area contributed by atoms with E-state index < -0.39 is 0 Å². The molecule has 0 saturated carbocycles. The summed E-state index contributed by atoms with van der Waals surface area (Å²) in [6.45, 7) is 0. The van der Waals surface area contributed by atoms with Gasteiger partial charge in [0.2, 0.25) is 5.69 Å². The summed E-state index contributed by atoms with van der Waals surface area (Å²) in [5.74, 6) is 1.46. The van der Waals surface area contributed by atoms with Gasteiger partial charge in [0.05, 0.1) is 19.9 Å². The lowest BCUT2D eigenvalue weighted by molar-refractivity contribution is -0.719. The Bertz CT molecular complexity index is 984. The number of aromatic amines is 1. The minimum atomic E-state index is 0.348. The molecule has 1 aromatic carbocycles. The molecule has 9 nitrogen and oxygen atoms in total. The minimum absolute atomic E-state index is 0.348. The van der Waals surface area contributed by atoms with Gasteiger partial charge < -0.3 is 14.7 Å². The predicted octanol–water partition coefficient (Wildman–Crippen LogP) is 1.41. The number of rotatable bonds is 3. The van der Waals surface area contributed by atoms with Gasteiger partial charge in [-0.05, 0) is 23.1 Å². The summed E-state index contributed by atoms with van der Waals surface area (Å²) >= 11 is 0. The van der Waals surface area contributed by atoms with Gasteiger partial charge in [-0.15, -0.1) is 0 Å². The van der Waals surface area contributed by atoms with Crippen molar-refractivity contribution in [2.24, 2.45) is 0 Å². The number of imidazole rings is 1. The Morgan fingerprint density at radius 1 is 1.29 bits per heavy atom. The van der Waals surface area contributed by atoms with Crippen molar-refractivity contribution in [3.8, 4) is 34.3 Å². The number of fused-ring (bicyclic) bond motifs is 3. The molecule has 0 saturated heterocycles. The number of hydrogen-bond donors (Lipinski definition) is 2. The topological polar surface area (TPSA) is 108 Å². The van der Waals surface area contributed by atoms with Crippen molar-refractivity contribution in [3.05, 3.63) is 34.5 Å². The third-order valence-electron chi connectivity index (χ3n) is 4.16. The molecule has 1 aliphatic rings. The van der Waals surface area contributed by atoms with Gasteiger partial charge in [-0.3, -0.25) is 0 Å². The van der Waals surface area contributed by atoms with Crippen LogP contribution < -0.4 is 14.1 Å². The van der Waals surface area contributed by atoms with E-state index in [9.17, 15) is 10.1 Å². The largest absolute Gasteiger partial charge is 0.493 e. The fraction of sp³-hybridized carbons (Fsp3) is 0.267. The highest BCUT2D eigenvalue weighted by Gasteiger charge is 2.34. The standard InChI is InChI=1S/C15H15N4O5/c1-22-11-6-3-8(7-12(11)23-2)15-16-13-9(18(15)20)4-5-10-14(13)17-24-19(10)21/h3,6-7,17,20H,4-5H2,1-2H3/q+1. The number of ether oxygens (including phenoxy) is 2. The summed E-state index contributed by atoms with van der Waals surface area (Å²) in [6.07, 6.45) is 0.936. The molecule has 0 bridgehead atoms. The first-order valence-electron chi connectivity index (χ1n) is 7.31. The van der Waals surface area contributed by atoms with Gasteiger partial charge in [0, 0.05) is 18.4 Å². The molecule has 4 rings (SSSR count). The van der Waals surface area contributed by atoms with Crippen LogP contribution in [0.5, 0.6) is 11.5 Å². The second kappa shape index (κ2) is 5.15. The fourth-order valence-corrected chi connectivity index (χ4v) is 2.96. The van der Waals surface area contributed by atoms with Crippen LogP contribution >= 0.6 is 0 Å². The van der Waals surface area contributed by atoms with Crippen molar-refractivity contribution >= 4 is 0 Å². The molecular weight excluding hydrogens is 316 g/mol. The normalized spacial score (nSPS) is 12.6. The van der Waals surface area contributed by atoms with Gasteiger partial charge in [0.15, 0.2) is 21.9 Å². The van der Waals surface area contributed by atoms with E-state index in [0.717, 1.165) is 4.73 Å². The van der Waals surface area contributed by atoms with E-state index in [1.165, 1.54) is 7.11 Å². The number of aromatic nitrogens is 4. The highest BCUT2D eigenvalue weighted by atomic mass is 16.7. The van der Waals surface area contributed by atoms with Crippen molar-refractivity contribution in [3.63, 3.8) is 0 Å². The molecule has 24 heavy (non-hydrogen) atoms. The number of hydrogen-bond acceptors (Lipinski definition) is 6. The van der Waals surface area contributed by atoms with E-state index >= 15 is 0 Å². The average molecular weight is 331 g/mol. The van der Waals surface area contributed by atoms with Crippen molar-refractivity contribution in [1.82, 2.24) is 14.9 Å². The SMILES string of the molecule is COc1ccc(-c2nc3c(n2O)CCc2c-3[nH]o[n+]2=O)cc1OC. The average Bonchev–Trinajstić information content (AvgIpc) is 3.15. The van der Waals surface area contributed by atoms with Crippen LogP contribution in [0.1, 0.15) is 11.4 Å². The third kappa shape index (κ3) is 1.91. The van der Waals surface area contributed by atoms with E-state index in [1.54, 1.807) is 25.3 Å². The Morgan fingerprint density at radius 3 is 2.83 bits per heavy atom. The zero-order chi connectivity index (χ0) is 16.8. The Morgan fingerprint density at radius 2 is 2.08 bits per heavy atom. The number of H-pyrrole nitrogens is 1. The van der Waals surface area contributed by atoms with Gasteiger partial charge >= 0.3 is 0 Å². The number of methoxy groups -OCH3 is 2. The number of nitrogens with zero attached hydrogens (tertiary/aromatic N) is 3. The maximum Gasteiger partial charge on any atom is 0.252 e. The van der Waals surface area contributed by atoms with Crippen molar-refractivity contribution in [1.29, 1.82) is 0 Å². The van der Waals surface area contributed by atoms with Crippen molar-refractivity contribution < 1.29 is 23.9 Å². The van der Waals surface area contributed by atoms with Gasteiger partial charge in [0.1, 0.15) is 5.69 Å². The van der Waals surface area contributed by atoms with Crippen LogP contribution in [0, 0.1) is 4.91 Å². The maximum absolute atomic E-state index is 11.6. The van der Waals surface area contributed by atoms with Gasteiger partial charge in [0.25, 0.3) is 5.69 Å². The van der Waals surface area contributed by atoms with E-state index in [0.29, 0.717) is 63.1 Å². The summed E-state index contributed by atoms with van der Waals surface area (Å²) in [7, 11) is 3.09. The molecule has 3 aromatic rings. The summed E-state index contributed by atoms with van der Waals surface area (Å²) in [5.41, 5.74) is 2.73. The molecule has 0 amide bonds. The van der Waals surface area contributed by atoms with Gasteiger partial charge in [-0.2, -0.15) is 4.73 Å². The van der Waals surface area contributed by atoms with Gasteiger partial charge in [-0.25, -0.2) is 4.98 Å². The molecule has 0 fully saturated rings. The van der Waals surface area contributed by atoms with Crippen LogP contribution in [0.25, 0.3) is 22.8 Å². The van der Waals surface area contributed by atoms with E-state index in [4.69, 9.17) is 14.1 Å². The first-order valence-corrected chi connectivity index (χ1v) is 7.31. The zero-order valence-electron chi connectivity index (χ0n) is 13.1. The monoisotopic (exact) mass is 331 g/mol. The zero-order valence-corrected chi connectivity index (χ0v) is 13.1. The predicted molar refractivity (Wildman–Crippen MR) is 80.8 cm³/mol. The van der Waals surface area contributed by atoms with Crippen LogP contribution in [0.2, 0.25) is 0 Å². The quantitative estimate of drug-likeness (QED) is 0.702. The molecule has 2 N–H and O–H groups in total. The summed E-state index contributed by atoms with van der Waals surface area (Å²) in [6, 6.07) is 5.24. The van der Waals surface area contributed by atoms with Crippen LogP contribution in [0.15, 0.2) is 22.8 Å². The molecule has 9 heteroatoms. The smallest absolute Gasteiger partial charge is 0.252 e. The molecular formula is C15H15N4O5+. The molecule has 124 valence electrons. The van der Waals surface area contributed by atoms with Crippen LogP contribution in [-0.2, 0) is 12.8 Å². The van der Waals surface area contributed by atoms with Crippen LogP contribution in [0.4, 0.5) is 0 Å². The summed E-state index contributed by atoms with van der Waals surface area (Å²) in [4.78, 5) is 16.1. The van der Waals surface area contributed by atoms with Gasteiger partial charge in [-0.1, -0.05) is 9.79 Å². The second-order valence-corrected chi connectivity index (χ2v) is 5.38. The van der Waals surface area contributed by atoms with Crippen molar-refractivity contribution in [2.45, 2.75) is 12.8 Å². The molecule has 0 atom stereocenters. The Hall–Kier alpha value is -3.23. The van der Waals surface area contributed by atoms with E-state index in [-0.39, 0.29) is 0 Å². The minimum Gasteiger partial charge on any atom is -0.493 e. The van der Waals surface area contributed by atoms with Crippen molar-refractivity contribution in [2.75, 3.05) is 14.2 Å². The molecule has 0 unspecified atom stereocenters. The van der Waals surface area contributed by atoms with Crippen LogP contribution in [0.3, 0.4) is 0 Å². The Balaban J connectivity index is 1.88. The number of nitrogens with one attached hydrogen (secondary N) is 1. The fourth-order valence-electron chi connectivity index (χ4n) is 2.96. The molecule has 1 aliphatic carbocycles. The van der Waals surface area contributed by atoms with E-state index in [2.05, 4.69) is 10.1 Å². The molecule has 0 spiro atoms. The maximum atomic E-state index is 11.6.